The van der Waals surface area contributed by atoms with Crippen molar-refractivity contribution in [3.8, 4) is 0 Å². The quantitative estimate of drug-likeness (QED) is 0.614. The van der Waals surface area contributed by atoms with Gasteiger partial charge in [-0.1, -0.05) is 6.92 Å². The highest BCUT2D eigenvalue weighted by Gasteiger charge is 2.33. The molecule has 11 heavy (non-hydrogen) atoms. The first-order valence-corrected chi connectivity index (χ1v) is 4.77. The normalized spacial score (nSPS) is 37.1. The molecule has 0 amide bonds. The topological polar surface area (TPSA) is 12.0 Å². The lowest BCUT2D eigenvalue weighted by molar-refractivity contribution is 0.163. The van der Waals surface area contributed by atoms with Crippen LogP contribution < -0.4 is 5.32 Å². The van der Waals surface area contributed by atoms with Crippen molar-refractivity contribution in [2.45, 2.75) is 64.5 Å². The Hall–Kier alpha value is -0.0400. The summed E-state index contributed by atoms with van der Waals surface area (Å²) in [6.07, 6.45) is 5.29. The third-order valence-electron chi connectivity index (χ3n) is 2.95. The minimum atomic E-state index is 0.364. The van der Waals surface area contributed by atoms with Gasteiger partial charge in [0.25, 0.3) is 0 Å². The fourth-order valence-electron chi connectivity index (χ4n) is 2.13. The summed E-state index contributed by atoms with van der Waals surface area (Å²) in [5.74, 6) is 0. The average molecular weight is 155 g/mol. The van der Waals surface area contributed by atoms with Crippen molar-refractivity contribution in [2.24, 2.45) is 0 Å². The first-order chi connectivity index (χ1) is 4.97. The predicted octanol–water partition coefficient (Wildman–Crippen LogP) is 2.71. The van der Waals surface area contributed by atoms with Crippen molar-refractivity contribution in [1.82, 2.24) is 5.32 Å². The van der Waals surface area contributed by atoms with Crippen LogP contribution in [0.3, 0.4) is 0 Å². The smallest absolute Gasteiger partial charge is 0.0155 e. The first-order valence-electron chi connectivity index (χ1n) is 4.77. The summed E-state index contributed by atoms with van der Waals surface area (Å²) in [5.41, 5.74) is 0.769. The minimum absolute atomic E-state index is 0.364. The maximum atomic E-state index is 3.72. The molecule has 1 aliphatic heterocycles. The molecule has 66 valence electrons. The fraction of sp³-hybridized carbons (Fsp3) is 1.00. The van der Waals surface area contributed by atoms with Crippen molar-refractivity contribution < 1.29 is 0 Å². The standard InChI is InChI=1S/C10H21N/c1-5-10(4)8-6-7-9(2,3)11-10/h11H,5-8H2,1-4H3. The van der Waals surface area contributed by atoms with Crippen LogP contribution in [0, 0.1) is 0 Å². The predicted molar refractivity (Wildman–Crippen MR) is 49.8 cm³/mol. The van der Waals surface area contributed by atoms with Crippen molar-refractivity contribution in [3.63, 3.8) is 0 Å². The van der Waals surface area contributed by atoms with Crippen molar-refractivity contribution >= 4 is 0 Å². The van der Waals surface area contributed by atoms with Crippen LogP contribution in [0.2, 0.25) is 0 Å². The van der Waals surface area contributed by atoms with Crippen LogP contribution in [0.1, 0.15) is 53.4 Å². The van der Waals surface area contributed by atoms with E-state index in [1.807, 2.05) is 0 Å². The van der Waals surface area contributed by atoms with Gasteiger partial charge in [-0.3, -0.25) is 0 Å². The molecule has 1 rings (SSSR count). The van der Waals surface area contributed by atoms with Gasteiger partial charge in [0.1, 0.15) is 0 Å². The molecule has 1 saturated heterocycles. The van der Waals surface area contributed by atoms with Crippen LogP contribution in [-0.4, -0.2) is 11.1 Å². The molecule has 1 atom stereocenters. The van der Waals surface area contributed by atoms with Gasteiger partial charge in [0, 0.05) is 11.1 Å². The molecule has 0 saturated carbocycles. The summed E-state index contributed by atoms with van der Waals surface area (Å²) in [6.45, 7) is 9.22. The van der Waals surface area contributed by atoms with E-state index in [4.69, 9.17) is 0 Å². The summed E-state index contributed by atoms with van der Waals surface area (Å²) in [6, 6.07) is 0. The molecule has 0 aromatic heterocycles. The molecule has 1 heteroatoms. The molecule has 0 aliphatic carbocycles. The second-order valence-corrected chi connectivity index (χ2v) is 4.78. The van der Waals surface area contributed by atoms with E-state index in [0.717, 1.165) is 0 Å². The Kier molecular flexibility index (Phi) is 2.29. The monoisotopic (exact) mass is 155 g/mol. The SMILES string of the molecule is CCC1(C)CCCC(C)(C)N1. The van der Waals surface area contributed by atoms with Gasteiger partial charge in [-0.2, -0.15) is 0 Å². The second kappa shape index (κ2) is 2.78. The van der Waals surface area contributed by atoms with E-state index >= 15 is 0 Å². The molecular formula is C10H21N. The van der Waals surface area contributed by atoms with Gasteiger partial charge in [0.15, 0.2) is 0 Å². The maximum absolute atomic E-state index is 3.72. The molecule has 1 heterocycles. The number of rotatable bonds is 1. The van der Waals surface area contributed by atoms with Gasteiger partial charge in [-0.15, -0.1) is 0 Å². The van der Waals surface area contributed by atoms with Gasteiger partial charge >= 0.3 is 0 Å². The Morgan fingerprint density at radius 3 is 2.18 bits per heavy atom. The molecule has 0 radical (unpaired) electrons. The van der Waals surface area contributed by atoms with E-state index < -0.39 is 0 Å². The van der Waals surface area contributed by atoms with Gasteiger partial charge in [0.05, 0.1) is 0 Å². The highest BCUT2D eigenvalue weighted by atomic mass is 15.0. The molecule has 1 unspecified atom stereocenters. The van der Waals surface area contributed by atoms with E-state index in [2.05, 4.69) is 33.0 Å². The summed E-state index contributed by atoms with van der Waals surface area (Å²) in [4.78, 5) is 0. The van der Waals surface area contributed by atoms with Crippen LogP contribution in [0.4, 0.5) is 0 Å². The van der Waals surface area contributed by atoms with E-state index in [1.165, 1.54) is 25.7 Å². The average Bonchev–Trinajstić information content (AvgIpc) is 1.85. The van der Waals surface area contributed by atoms with Crippen LogP contribution in [0.5, 0.6) is 0 Å². The fourth-order valence-corrected chi connectivity index (χ4v) is 2.13. The van der Waals surface area contributed by atoms with Crippen LogP contribution in [0.15, 0.2) is 0 Å². The van der Waals surface area contributed by atoms with Crippen LogP contribution >= 0.6 is 0 Å². The molecule has 1 aliphatic rings. The summed E-state index contributed by atoms with van der Waals surface area (Å²) in [7, 11) is 0. The Morgan fingerprint density at radius 2 is 1.82 bits per heavy atom. The number of hydrogen-bond acceptors (Lipinski definition) is 1. The van der Waals surface area contributed by atoms with Crippen LogP contribution in [-0.2, 0) is 0 Å². The third kappa shape index (κ3) is 2.19. The van der Waals surface area contributed by atoms with Crippen LogP contribution in [0.25, 0.3) is 0 Å². The third-order valence-corrected chi connectivity index (χ3v) is 2.95. The van der Waals surface area contributed by atoms with E-state index in [9.17, 15) is 0 Å². The number of nitrogens with one attached hydrogen (secondary N) is 1. The lowest BCUT2D eigenvalue weighted by atomic mass is 9.80. The first kappa shape index (κ1) is 9.05. The Bertz CT molecular complexity index is 140. The zero-order valence-corrected chi connectivity index (χ0v) is 8.33. The maximum Gasteiger partial charge on any atom is 0.0155 e. The van der Waals surface area contributed by atoms with E-state index in [1.54, 1.807) is 0 Å². The molecular weight excluding hydrogens is 134 g/mol. The zero-order chi connectivity index (χ0) is 8.54. The number of hydrogen-bond donors (Lipinski definition) is 1. The van der Waals surface area contributed by atoms with Gasteiger partial charge in [-0.05, 0) is 46.5 Å². The highest BCUT2D eigenvalue weighted by Crippen LogP contribution is 2.30. The molecule has 1 nitrogen and oxygen atoms in total. The van der Waals surface area contributed by atoms with Gasteiger partial charge in [0.2, 0.25) is 0 Å². The molecule has 0 bridgehead atoms. The molecule has 0 aromatic rings. The molecule has 1 N–H and O–H groups in total. The van der Waals surface area contributed by atoms with Gasteiger partial charge < -0.3 is 5.32 Å². The molecule has 0 aromatic carbocycles. The lowest BCUT2D eigenvalue weighted by Gasteiger charge is -2.44. The second-order valence-electron chi connectivity index (χ2n) is 4.78. The van der Waals surface area contributed by atoms with Crippen molar-refractivity contribution in [1.29, 1.82) is 0 Å². The van der Waals surface area contributed by atoms with E-state index in [0.29, 0.717) is 11.1 Å². The largest absolute Gasteiger partial charge is 0.307 e. The van der Waals surface area contributed by atoms with E-state index in [-0.39, 0.29) is 0 Å². The summed E-state index contributed by atoms with van der Waals surface area (Å²) in [5, 5.41) is 3.72. The minimum Gasteiger partial charge on any atom is -0.307 e. The Balaban J connectivity index is 2.59. The molecule has 0 spiro atoms. The highest BCUT2D eigenvalue weighted by molar-refractivity contribution is 4.94. The van der Waals surface area contributed by atoms with Crippen molar-refractivity contribution in [3.05, 3.63) is 0 Å². The molecule has 1 fully saturated rings. The summed E-state index contributed by atoms with van der Waals surface area (Å²) >= 11 is 0. The summed E-state index contributed by atoms with van der Waals surface area (Å²) < 4.78 is 0. The zero-order valence-electron chi connectivity index (χ0n) is 8.33. The Labute approximate surface area is 70.6 Å². The lowest BCUT2D eigenvalue weighted by Crippen LogP contribution is -2.56. The Morgan fingerprint density at radius 1 is 1.18 bits per heavy atom. The number of piperidine rings is 1. The van der Waals surface area contributed by atoms with Gasteiger partial charge in [-0.25, -0.2) is 0 Å². The van der Waals surface area contributed by atoms with Crippen molar-refractivity contribution in [2.75, 3.05) is 0 Å².